The fourth-order valence-electron chi connectivity index (χ4n) is 2.45. The molecule has 0 fully saturated rings. The Morgan fingerprint density at radius 2 is 2.11 bits per heavy atom. The van der Waals surface area contributed by atoms with Crippen molar-refractivity contribution in [1.29, 1.82) is 5.26 Å². The van der Waals surface area contributed by atoms with E-state index in [9.17, 15) is 5.11 Å². The van der Waals surface area contributed by atoms with Crippen molar-refractivity contribution in [2.75, 3.05) is 0 Å². The van der Waals surface area contributed by atoms with Gasteiger partial charge < -0.3 is 5.11 Å². The smallest absolute Gasteiger partial charge is 0.115 e. The van der Waals surface area contributed by atoms with Crippen molar-refractivity contribution >= 4 is 16.5 Å². The highest BCUT2D eigenvalue weighted by molar-refractivity contribution is 5.94. The highest BCUT2D eigenvalue weighted by atomic mass is 16.3. The molecule has 0 heterocycles. The first kappa shape index (κ1) is 12.2. The van der Waals surface area contributed by atoms with Gasteiger partial charge in [0.1, 0.15) is 5.76 Å². The van der Waals surface area contributed by atoms with Crippen LogP contribution in [0.2, 0.25) is 0 Å². The Bertz CT molecular complexity index is 678. The maximum Gasteiger partial charge on any atom is 0.115 e. The van der Waals surface area contributed by atoms with Crippen molar-refractivity contribution in [2.45, 2.75) is 20.3 Å². The predicted octanol–water partition coefficient (Wildman–Crippen LogP) is 4.05. The fraction of sp³-hybridized carbons (Fsp3) is 0.188. The van der Waals surface area contributed by atoms with Crippen molar-refractivity contribution in [3.8, 4) is 6.07 Å². The summed E-state index contributed by atoms with van der Waals surface area (Å²) in [6.07, 6.45) is 0.400. The van der Waals surface area contributed by atoms with E-state index in [1.54, 1.807) is 0 Å². The van der Waals surface area contributed by atoms with Crippen LogP contribution in [0.5, 0.6) is 0 Å². The Morgan fingerprint density at radius 1 is 1.39 bits per heavy atom. The van der Waals surface area contributed by atoms with Gasteiger partial charge in [-0.2, -0.15) is 5.26 Å². The molecule has 1 N–H and O–H groups in total. The van der Waals surface area contributed by atoms with Gasteiger partial charge in [-0.15, -0.1) is 0 Å². The van der Waals surface area contributed by atoms with E-state index in [1.165, 1.54) is 0 Å². The third-order valence-corrected chi connectivity index (χ3v) is 3.29. The lowest BCUT2D eigenvalue weighted by Crippen LogP contribution is -1.95. The number of benzene rings is 2. The fourth-order valence-corrected chi connectivity index (χ4v) is 2.45. The highest BCUT2D eigenvalue weighted by Gasteiger charge is 2.11. The molecule has 0 amide bonds. The summed E-state index contributed by atoms with van der Waals surface area (Å²) in [5, 5.41) is 20.7. The minimum absolute atomic E-state index is 0.0863. The molecule has 18 heavy (non-hydrogen) atoms. The molecule has 0 saturated carbocycles. The van der Waals surface area contributed by atoms with Crippen molar-refractivity contribution in [3.05, 3.63) is 53.1 Å². The molecule has 90 valence electrons. The van der Waals surface area contributed by atoms with Crippen LogP contribution in [0, 0.1) is 25.2 Å². The SMILES string of the molecule is C=C(O)c1cc(C)c2c(CC#N)cccc2c1C. The van der Waals surface area contributed by atoms with Crippen LogP contribution in [0.4, 0.5) is 0 Å². The Hall–Kier alpha value is -2.27. The molecular formula is C16H15NO. The Morgan fingerprint density at radius 3 is 2.72 bits per heavy atom. The van der Waals surface area contributed by atoms with Gasteiger partial charge in [-0.3, -0.25) is 0 Å². The first-order valence-electron chi connectivity index (χ1n) is 5.83. The van der Waals surface area contributed by atoms with Crippen LogP contribution in [0.3, 0.4) is 0 Å². The second-order valence-corrected chi connectivity index (χ2v) is 4.49. The van der Waals surface area contributed by atoms with Gasteiger partial charge >= 0.3 is 0 Å². The van der Waals surface area contributed by atoms with Gasteiger partial charge in [0.2, 0.25) is 0 Å². The van der Waals surface area contributed by atoms with Gasteiger partial charge in [0.25, 0.3) is 0 Å². The summed E-state index contributed by atoms with van der Waals surface area (Å²) in [4.78, 5) is 0. The summed E-state index contributed by atoms with van der Waals surface area (Å²) >= 11 is 0. The summed E-state index contributed by atoms with van der Waals surface area (Å²) < 4.78 is 0. The van der Waals surface area contributed by atoms with Gasteiger partial charge in [0.05, 0.1) is 12.5 Å². The monoisotopic (exact) mass is 237 g/mol. The van der Waals surface area contributed by atoms with Gasteiger partial charge in [-0.1, -0.05) is 24.8 Å². The summed E-state index contributed by atoms with van der Waals surface area (Å²) in [6.45, 7) is 7.56. The second kappa shape index (κ2) is 4.54. The van der Waals surface area contributed by atoms with E-state index in [4.69, 9.17) is 5.26 Å². The van der Waals surface area contributed by atoms with E-state index in [-0.39, 0.29) is 5.76 Å². The molecule has 2 aromatic carbocycles. The molecule has 2 heteroatoms. The summed E-state index contributed by atoms with van der Waals surface area (Å²) in [7, 11) is 0. The number of aliphatic hydroxyl groups excluding tert-OH is 1. The molecule has 0 unspecified atom stereocenters. The summed E-state index contributed by atoms with van der Waals surface area (Å²) in [5.41, 5.74) is 3.87. The molecule has 0 bridgehead atoms. The maximum atomic E-state index is 9.61. The number of nitriles is 1. The predicted molar refractivity (Wildman–Crippen MR) is 74.4 cm³/mol. The van der Waals surface area contributed by atoms with Crippen molar-refractivity contribution < 1.29 is 5.11 Å². The quantitative estimate of drug-likeness (QED) is 0.801. The molecule has 0 aliphatic heterocycles. The molecule has 0 aliphatic rings. The number of hydrogen-bond acceptors (Lipinski definition) is 2. The third kappa shape index (κ3) is 1.84. The zero-order valence-corrected chi connectivity index (χ0v) is 10.6. The van der Waals surface area contributed by atoms with Crippen LogP contribution in [-0.2, 0) is 6.42 Å². The molecule has 2 rings (SSSR count). The van der Waals surface area contributed by atoms with Gasteiger partial charge in [0.15, 0.2) is 0 Å². The average molecular weight is 237 g/mol. The molecule has 0 atom stereocenters. The van der Waals surface area contributed by atoms with Crippen molar-refractivity contribution in [2.24, 2.45) is 0 Å². The van der Waals surface area contributed by atoms with Crippen molar-refractivity contribution in [1.82, 2.24) is 0 Å². The number of aryl methyl sites for hydroxylation is 2. The topological polar surface area (TPSA) is 44.0 Å². The minimum atomic E-state index is 0.0863. The van der Waals surface area contributed by atoms with E-state index >= 15 is 0 Å². The number of hydrogen-bond donors (Lipinski definition) is 1. The zero-order valence-electron chi connectivity index (χ0n) is 10.6. The lowest BCUT2D eigenvalue weighted by atomic mass is 9.91. The standard InChI is InChI=1S/C16H15NO/c1-10-9-15(12(3)18)11(2)14-6-4-5-13(7-8-17)16(10)14/h4-6,9,18H,3,7H2,1-2H3. The lowest BCUT2D eigenvalue weighted by molar-refractivity contribution is 0.513. The summed E-state index contributed by atoms with van der Waals surface area (Å²) in [5.74, 6) is 0.0863. The third-order valence-electron chi connectivity index (χ3n) is 3.29. The number of fused-ring (bicyclic) bond motifs is 1. The van der Waals surface area contributed by atoms with E-state index in [0.717, 1.165) is 33.0 Å². The molecule has 0 spiro atoms. The summed E-state index contributed by atoms with van der Waals surface area (Å²) in [6, 6.07) is 10.1. The first-order chi connectivity index (χ1) is 8.56. The molecular weight excluding hydrogens is 222 g/mol. The largest absolute Gasteiger partial charge is 0.508 e. The normalized spacial score (nSPS) is 10.3. The lowest BCUT2D eigenvalue weighted by Gasteiger charge is -2.13. The number of aliphatic hydroxyl groups is 1. The first-order valence-corrected chi connectivity index (χ1v) is 5.83. The number of nitrogens with zero attached hydrogens (tertiary/aromatic N) is 1. The second-order valence-electron chi connectivity index (χ2n) is 4.49. The van der Waals surface area contributed by atoms with Crippen molar-refractivity contribution in [3.63, 3.8) is 0 Å². The van der Waals surface area contributed by atoms with E-state index in [2.05, 4.69) is 12.6 Å². The van der Waals surface area contributed by atoms with E-state index in [0.29, 0.717) is 6.42 Å². The maximum absolute atomic E-state index is 9.61. The molecule has 0 radical (unpaired) electrons. The van der Waals surface area contributed by atoms with Crippen LogP contribution < -0.4 is 0 Å². The van der Waals surface area contributed by atoms with Crippen LogP contribution in [0.1, 0.15) is 22.3 Å². The molecule has 2 nitrogen and oxygen atoms in total. The Kier molecular flexibility index (Phi) is 3.08. The van der Waals surface area contributed by atoms with Crippen LogP contribution in [0.25, 0.3) is 16.5 Å². The molecule has 0 saturated heterocycles. The molecule has 0 aromatic heterocycles. The minimum Gasteiger partial charge on any atom is -0.508 e. The van der Waals surface area contributed by atoms with E-state index in [1.807, 2.05) is 38.1 Å². The highest BCUT2D eigenvalue weighted by Crippen LogP contribution is 2.30. The Labute approximate surface area is 107 Å². The van der Waals surface area contributed by atoms with Crippen LogP contribution >= 0.6 is 0 Å². The van der Waals surface area contributed by atoms with E-state index < -0.39 is 0 Å². The van der Waals surface area contributed by atoms with Crippen LogP contribution in [0.15, 0.2) is 30.8 Å². The van der Waals surface area contributed by atoms with Crippen LogP contribution in [-0.4, -0.2) is 5.11 Å². The average Bonchev–Trinajstić information content (AvgIpc) is 2.33. The molecule has 0 aliphatic carbocycles. The van der Waals surface area contributed by atoms with Gasteiger partial charge in [-0.05, 0) is 47.4 Å². The van der Waals surface area contributed by atoms with Gasteiger partial charge in [-0.25, -0.2) is 0 Å². The Balaban J connectivity index is 2.88. The van der Waals surface area contributed by atoms with Gasteiger partial charge in [0, 0.05) is 5.56 Å². The number of rotatable bonds is 2. The molecule has 2 aromatic rings. The zero-order chi connectivity index (χ0) is 13.3.